The van der Waals surface area contributed by atoms with Crippen LogP contribution in [0.5, 0.6) is 0 Å². The maximum absolute atomic E-state index is 14.7. The quantitative estimate of drug-likeness (QED) is 0.558. The molecule has 0 saturated heterocycles. The number of hydrogen-bond acceptors (Lipinski definition) is 5. The van der Waals surface area contributed by atoms with Gasteiger partial charge in [-0.15, -0.1) is 0 Å². The first-order chi connectivity index (χ1) is 15.1. The zero-order valence-corrected chi connectivity index (χ0v) is 19.4. The molecule has 0 aliphatic heterocycles. The van der Waals surface area contributed by atoms with E-state index in [4.69, 9.17) is 11.6 Å². The van der Waals surface area contributed by atoms with Crippen LogP contribution in [-0.2, 0) is 17.3 Å². The van der Waals surface area contributed by atoms with Gasteiger partial charge in [0.25, 0.3) is 5.56 Å². The summed E-state index contributed by atoms with van der Waals surface area (Å²) in [5.41, 5.74) is 1.27. The zero-order valence-electron chi connectivity index (χ0n) is 17.8. The molecule has 0 radical (unpaired) electrons. The highest BCUT2D eigenvalue weighted by Gasteiger charge is 2.31. The number of fused-ring (bicyclic) bond motifs is 1. The summed E-state index contributed by atoms with van der Waals surface area (Å²) in [5, 5.41) is 3.20. The lowest BCUT2D eigenvalue weighted by atomic mass is 9.94. The van der Waals surface area contributed by atoms with Crippen LogP contribution in [0.1, 0.15) is 24.8 Å². The van der Waals surface area contributed by atoms with Crippen molar-refractivity contribution in [1.29, 1.82) is 0 Å². The molecule has 170 valence electrons. The van der Waals surface area contributed by atoms with E-state index in [1.54, 1.807) is 26.1 Å². The van der Waals surface area contributed by atoms with E-state index in [9.17, 15) is 17.6 Å². The Kier molecular flexibility index (Phi) is 5.87. The summed E-state index contributed by atoms with van der Waals surface area (Å²) in [4.78, 5) is 16.8. The minimum atomic E-state index is -3.85. The van der Waals surface area contributed by atoms with Crippen molar-refractivity contribution in [2.75, 3.05) is 17.1 Å². The van der Waals surface area contributed by atoms with Gasteiger partial charge in [0.1, 0.15) is 5.82 Å². The second-order valence-electron chi connectivity index (χ2n) is 7.91. The lowest BCUT2D eigenvalue weighted by molar-refractivity contribution is 0.251. The minimum Gasteiger partial charge on any atom is -0.352 e. The summed E-state index contributed by atoms with van der Waals surface area (Å²) in [6.07, 6.45) is 4.03. The Morgan fingerprint density at radius 2 is 1.91 bits per heavy atom. The molecule has 2 aromatic carbocycles. The first kappa shape index (κ1) is 22.5. The van der Waals surface area contributed by atoms with Crippen molar-refractivity contribution < 1.29 is 12.8 Å². The number of benzene rings is 2. The fraction of sp³-hybridized carbons (Fsp3) is 0.333. The van der Waals surface area contributed by atoms with E-state index in [0.717, 1.165) is 25.3 Å². The fourth-order valence-electron chi connectivity index (χ4n) is 3.63. The van der Waals surface area contributed by atoms with Crippen molar-refractivity contribution in [2.45, 2.75) is 32.2 Å². The van der Waals surface area contributed by atoms with Gasteiger partial charge in [-0.3, -0.25) is 9.52 Å². The number of anilines is 3. The molecule has 1 saturated carbocycles. The molecular weight excluding hydrogens is 457 g/mol. The molecule has 1 heterocycles. The van der Waals surface area contributed by atoms with Crippen molar-refractivity contribution in [3.05, 3.63) is 57.3 Å². The van der Waals surface area contributed by atoms with E-state index >= 15 is 0 Å². The Balaban J connectivity index is 1.70. The third kappa shape index (κ3) is 3.94. The number of halogens is 2. The molecule has 1 fully saturated rings. The molecule has 0 spiro atoms. The highest BCUT2D eigenvalue weighted by atomic mass is 35.5. The summed E-state index contributed by atoms with van der Waals surface area (Å²) < 4.78 is 45.2. The van der Waals surface area contributed by atoms with E-state index in [0.29, 0.717) is 22.2 Å². The van der Waals surface area contributed by atoms with Gasteiger partial charge in [0.2, 0.25) is 0 Å². The predicted molar refractivity (Wildman–Crippen MR) is 124 cm³/mol. The molecule has 0 unspecified atom stereocenters. The minimum absolute atomic E-state index is 0.0535. The predicted octanol–water partition coefficient (Wildman–Crippen LogP) is 3.92. The van der Waals surface area contributed by atoms with Gasteiger partial charge in [0.15, 0.2) is 0 Å². The molecule has 1 aromatic heterocycles. The summed E-state index contributed by atoms with van der Waals surface area (Å²) >= 11 is 6.40. The van der Waals surface area contributed by atoms with Gasteiger partial charge in [0, 0.05) is 25.8 Å². The third-order valence-corrected chi connectivity index (χ3v) is 7.83. The third-order valence-electron chi connectivity index (χ3n) is 5.91. The lowest BCUT2D eigenvalue weighted by Crippen LogP contribution is -2.44. The molecule has 8 nitrogen and oxygen atoms in total. The molecule has 3 aromatic rings. The second kappa shape index (κ2) is 8.34. The number of nitrogens with one attached hydrogen (secondary N) is 2. The molecule has 1 aliphatic carbocycles. The Morgan fingerprint density at radius 1 is 1.22 bits per heavy atom. The van der Waals surface area contributed by atoms with Crippen molar-refractivity contribution in [2.24, 2.45) is 7.05 Å². The van der Waals surface area contributed by atoms with Crippen molar-refractivity contribution in [1.82, 2.24) is 13.9 Å². The van der Waals surface area contributed by atoms with E-state index in [2.05, 4.69) is 15.0 Å². The number of aryl methyl sites for hydroxylation is 2. The highest BCUT2D eigenvalue weighted by molar-refractivity contribution is 7.90. The van der Waals surface area contributed by atoms with Crippen LogP contribution in [0.3, 0.4) is 0 Å². The van der Waals surface area contributed by atoms with Crippen LogP contribution < -0.4 is 15.6 Å². The van der Waals surface area contributed by atoms with Gasteiger partial charge < -0.3 is 9.88 Å². The van der Waals surface area contributed by atoms with Crippen LogP contribution >= 0.6 is 11.6 Å². The van der Waals surface area contributed by atoms with Crippen LogP contribution in [0, 0.1) is 12.7 Å². The molecule has 0 amide bonds. The van der Waals surface area contributed by atoms with Gasteiger partial charge in [-0.1, -0.05) is 18.0 Å². The average Bonchev–Trinajstić information content (AvgIpc) is 2.70. The Bertz CT molecular complexity index is 1370. The van der Waals surface area contributed by atoms with Crippen LogP contribution in [0.25, 0.3) is 10.9 Å². The van der Waals surface area contributed by atoms with Crippen molar-refractivity contribution in [3.63, 3.8) is 0 Å². The molecule has 11 heteroatoms. The molecule has 0 bridgehead atoms. The lowest BCUT2D eigenvalue weighted by Gasteiger charge is -2.33. The van der Waals surface area contributed by atoms with Crippen LogP contribution in [0.2, 0.25) is 5.02 Å². The fourth-order valence-corrected chi connectivity index (χ4v) is 5.13. The van der Waals surface area contributed by atoms with E-state index in [-0.39, 0.29) is 28.0 Å². The number of nitrogens with zero attached hydrogens (tertiary/aromatic N) is 3. The first-order valence-corrected chi connectivity index (χ1v) is 11.9. The van der Waals surface area contributed by atoms with Gasteiger partial charge in [-0.2, -0.15) is 12.7 Å². The van der Waals surface area contributed by atoms with E-state index in [1.807, 2.05) is 0 Å². The van der Waals surface area contributed by atoms with Crippen molar-refractivity contribution in [3.8, 4) is 0 Å². The Hall–Kier alpha value is -2.69. The number of hydrogen-bond donors (Lipinski definition) is 2. The van der Waals surface area contributed by atoms with Crippen LogP contribution in [0.4, 0.5) is 21.5 Å². The maximum atomic E-state index is 14.7. The van der Waals surface area contributed by atoms with E-state index in [1.165, 1.54) is 28.3 Å². The normalized spacial score (nSPS) is 14.6. The largest absolute Gasteiger partial charge is 0.352 e. The van der Waals surface area contributed by atoms with Crippen LogP contribution in [0.15, 0.2) is 35.4 Å². The molecular formula is C21H23ClFN5O3S. The smallest absolute Gasteiger partial charge is 0.301 e. The molecule has 32 heavy (non-hydrogen) atoms. The maximum Gasteiger partial charge on any atom is 0.301 e. The molecule has 0 atom stereocenters. The summed E-state index contributed by atoms with van der Waals surface area (Å²) in [5.74, 6) is -0.663. The molecule has 4 rings (SSSR count). The summed E-state index contributed by atoms with van der Waals surface area (Å²) in [7, 11) is -0.742. The van der Waals surface area contributed by atoms with Crippen LogP contribution in [-0.4, -0.2) is 35.4 Å². The highest BCUT2D eigenvalue weighted by Crippen LogP contribution is 2.37. The zero-order chi connectivity index (χ0) is 23.2. The monoisotopic (exact) mass is 479 g/mol. The van der Waals surface area contributed by atoms with Crippen molar-refractivity contribution >= 4 is 49.8 Å². The Morgan fingerprint density at radius 3 is 2.56 bits per heavy atom. The first-order valence-electron chi connectivity index (χ1n) is 10.1. The molecule has 2 N–H and O–H groups in total. The summed E-state index contributed by atoms with van der Waals surface area (Å²) in [6.45, 7) is 1.72. The molecule has 1 aliphatic rings. The van der Waals surface area contributed by atoms with Gasteiger partial charge in [-0.25, -0.2) is 9.37 Å². The summed E-state index contributed by atoms with van der Waals surface area (Å²) in [6, 6.07) is 5.67. The Labute approximate surface area is 190 Å². The van der Waals surface area contributed by atoms with Gasteiger partial charge >= 0.3 is 10.2 Å². The topological polar surface area (TPSA) is 96.3 Å². The number of aromatic nitrogens is 2. The SMILES string of the molecule is Cc1c(Nc2c(F)ccc(NS(=O)(=O)N(C)C3CCC3)c2Cl)ccc2ncn(C)c(=O)c12. The second-order valence-corrected chi connectivity index (χ2v) is 10.0. The average molecular weight is 480 g/mol. The van der Waals surface area contributed by atoms with E-state index < -0.39 is 16.0 Å². The standard InChI is InChI=1S/C21H23ClFN5O3S/c1-12-15(9-10-16-18(12)21(29)27(2)11-24-16)25-20-14(23)7-8-17(19(20)22)26-32(30,31)28(3)13-5-4-6-13/h7-11,13,25-26H,4-6H2,1-3H3. The van der Waals surface area contributed by atoms with Gasteiger partial charge in [-0.05, 0) is 49.6 Å². The number of rotatable bonds is 6. The van der Waals surface area contributed by atoms with Gasteiger partial charge in [0.05, 0.1) is 33.6 Å².